The van der Waals surface area contributed by atoms with Crippen LogP contribution in [0.2, 0.25) is 0 Å². The summed E-state index contributed by atoms with van der Waals surface area (Å²) < 4.78 is 0. The number of hydrogen-bond donors (Lipinski definition) is 0. The van der Waals surface area contributed by atoms with Crippen molar-refractivity contribution >= 4 is 22.6 Å². The average molecular weight is 321 g/mol. The van der Waals surface area contributed by atoms with Crippen LogP contribution >= 0.6 is 0 Å². The smallest absolute Gasteiger partial charge is 0.257 e. The maximum atomic E-state index is 13.3. The highest BCUT2D eigenvalue weighted by atomic mass is 16.2. The Bertz CT molecular complexity index is 797. The van der Waals surface area contributed by atoms with Crippen molar-refractivity contribution in [2.24, 2.45) is 5.92 Å². The zero-order chi connectivity index (χ0) is 16.1. The molecule has 1 amide bonds. The highest BCUT2D eigenvalue weighted by Crippen LogP contribution is 2.39. The Balaban J connectivity index is 1.59. The first kappa shape index (κ1) is 14.3. The van der Waals surface area contributed by atoms with E-state index in [1.165, 1.54) is 32.1 Å². The highest BCUT2D eigenvalue weighted by Gasteiger charge is 2.41. The number of anilines is 1. The Labute approximate surface area is 142 Å². The summed E-state index contributed by atoms with van der Waals surface area (Å²) in [5.41, 5.74) is 1.79. The summed E-state index contributed by atoms with van der Waals surface area (Å²) in [6.07, 6.45) is 6.05. The summed E-state index contributed by atoms with van der Waals surface area (Å²) >= 11 is 0. The molecule has 2 aliphatic heterocycles. The number of rotatable bonds is 2. The quantitative estimate of drug-likeness (QED) is 0.850. The molecule has 1 aliphatic carbocycles. The monoisotopic (exact) mass is 321 g/mol. The van der Waals surface area contributed by atoms with Gasteiger partial charge in [0.25, 0.3) is 5.91 Å². The molecule has 1 aromatic carbocycles. The van der Waals surface area contributed by atoms with Crippen LogP contribution in [0.25, 0.3) is 10.9 Å². The number of para-hydroxylation sites is 1. The maximum absolute atomic E-state index is 13.3. The summed E-state index contributed by atoms with van der Waals surface area (Å²) in [5.74, 6) is 1.82. The zero-order valence-electron chi connectivity index (χ0n) is 13.9. The van der Waals surface area contributed by atoms with E-state index in [2.05, 4.69) is 21.9 Å². The molecule has 124 valence electrons. The van der Waals surface area contributed by atoms with Crippen LogP contribution < -0.4 is 4.90 Å². The molecule has 0 unspecified atom stereocenters. The minimum absolute atomic E-state index is 0.197. The van der Waals surface area contributed by atoms with Gasteiger partial charge in [0.15, 0.2) is 0 Å². The summed E-state index contributed by atoms with van der Waals surface area (Å²) in [7, 11) is 0. The number of aromatic nitrogens is 1. The van der Waals surface area contributed by atoms with Gasteiger partial charge < -0.3 is 9.80 Å². The first-order valence-electron chi connectivity index (χ1n) is 9.25. The second kappa shape index (κ2) is 5.47. The number of benzene rings is 1. The van der Waals surface area contributed by atoms with E-state index in [9.17, 15) is 4.79 Å². The fraction of sp³-hybridized carbons (Fsp3) is 0.500. The van der Waals surface area contributed by atoms with Crippen molar-refractivity contribution in [3.63, 3.8) is 0 Å². The number of pyridine rings is 1. The van der Waals surface area contributed by atoms with Gasteiger partial charge in [-0.2, -0.15) is 0 Å². The molecule has 2 saturated heterocycles. The van der Waals surface area contributed by atoms with Crippen molar-refractivity contribution in [3.8, 4) is 0 Å². The number of hydrogen-bond acceptors (Lipinski definition) is 3. The lowest BCUT2D eigenvalue weighted by molar-refractivity contribution is 0.0704. The SMILES string of the molecule is O=C(c1cc2ccccc2nc1N1CCCC1)N1C[C@H]2CC[C@H]1C2. The number of carbonyl (C=O) groups excluding carboxylic acids is 1. The summed E-state index contributed by atoms with van der Waals surface area (Å²) in [4.78, 5) is 22.6. The first-order chi connectivity index (χ1) is 11.8. The normalized spacial score (nSPS) is 25.8. The molecule has 4 nitrogen and oxygen atoms in total. The molecule has 1 aromatic heterocycles. The van der Waals surface area contributed by atoms with Crippen LogP contribution in [0.15, 0.2) is 30.3 Å². The summed E-state index contributed by atoms with van der Waals surface area (Å²) in [6.45, 7) is 2.96. The van der Waals surface area contributed by atoms with Crippen LogP contribution in [0.5, 0.6) is 0 Å². The van der Waals surface area contributed by atoms with Crippen LogP contribution in [0, 0.1) is 5.92 Å². The van der Waals surface area contributed by atoms with E-state index in [1.54, 1.807) is 0 Å². The number of likely N-dealkylation sites (tertiary alicyclic amines) is 1. The van der Waals surface area contributed by atoms with Crippen LogP contribution in [0.1, 0.15) is 42.5 Å². The first-order valence-corrected chi connectivity index (χ1v) is 9.25. The highest BCUT2D eigenvalue weighted by molar-refractivity contribution is 6.02. The molecule has 3 heterocycles. The van der Waals surface area contributed by atoms with E-state index in [4.69, 9.17) is 4.98 Å². The topological polar surface area (TPSA) is 36.4 Å². The third kappa shape index (κ3) is 2.20. The van der Waals surface area contributed by atoms with E-state index in [0.29, 0.717) is 6.04 Å². The van der Waals surface area contributed by atoms with Crippen molar-refractivity contribution in [2.75, 3.05) is 24.5 Å². The second-order valence-electron chi connectivity index (χ2n) is 7.54. The van der Waals surface area contributed by atoms with Gasteiger partial charge in [0, 0.05) is 31.1 Å². The number of piperidine rings is 1. The Kier molecular flexibility index (Phi) is 3.25. The lowest BCUT2D eigenvalue weighted by Gasteiger charge is -2.29. The predicted molar refractivity (Wildman–Crippen MR) is 95.4 cm³/mol. The van der Waals surface area contributed by atoms with E-state index in [0.717, 1.165) is 47.8 Å². The minimum Gasteiger partial charge on any atom is -0.356 e. The third-order valence-electron chi connectivity index (χ3n) is 6.01. The molecular weight excluding hydrogens is 298 g/mol. The molecule has 3 fully saturated rings. The Hall–Kier alpha value is -2.10. The maximum Gasteiger partial charge on any atom is 0.257 e. The molecule has 4 heteroatoms. The van der Waals surface area contributed by atoms with Crippen LogP contribution in [0.3, 0.4) is 0 Å². The minimum atomic E-state index is 0.197. The van der Waals surface area contributed by atoms with Crippen LogP contribution in [0.4, 0.5) is 5.82 Å². The van der Waals surface area contributed by atoms with Crippen LogP contribution in [-0.4, -0.2) is 41.5 Å². The Morgan fingerprint density at radius 1 is 1.12 bits per heavy atom. The van der Waals surface area contributed by atoms with E-state index in [1.807, 2.05) is 18.2 Å². The van der Waals surface area contributed by atoms with Crippen molar-refractivity contribution < 1.29 is 4.79 Å². The molecule has 0 N–H and O–H groups in total. The van der Waals surface area contributed by atoms with Crippen molar-refractivity contribution in [3.05, 3.63) is 35.9 Å². The molecule has 2 bridgehead atoms. The van der Waals surface area contributed by atoms with E-state index in [-0.39, 0.29) is 5.91 Å². The van der Waals surface area contributed by atoms with E-state index >= 15 is 0 Å². The third-order valence-corrected chi connectivity index (χ3v) is 6.01. The summed E-state index contributed by atoms with van der Waals surface area (Å²) in [6, 6.07) is 10.7. The molecule has 2 aromatic rings. The molecule has 1 saturated carbocycles. The molecule has 0 spiro atoms. The Morgan fingerprint density at radius 3 is 2.71 bits per heavy atom. The molecule has 2 atom stereocenters. The van der Waals surface area contributed by atoms with Gasteiger partial charge in [0.05, 0.1) is 11.1 Å². The van der Waals surface area contributed by atoms with Crippen LogP contribution in [-0.2, 0) is 0 Å². The molecule has 3 aliphatic rings. The lowest BCUT2D eigenvalue weighted by Crippen LogP contribution is -2.38. The van der Waals surface area contributed by atoms with Gasteiger partial charge in [-0.25, -0.2) is 4.98 Å². The standard InChI is InChI=1S/C20H23N3O/c24-20(23-13-14-7-8-16(23)11-14)17-12-15-5-1-2-6-18(15)21-19(17)22-9-3-4-10-22/h1-2,5-6,12,14,16H,3-4,7-11,13H2/t14-,16-/m0/s1. The predicted octanol–water partition coefficient (Wildman–Crippen LogP) is 3.46. The molecule has 5 rings (SSSR count). The fourth-order valence-electron chi connectivity index (χ4n) is 4.76. The molecule has 0 radical (unpaired) electrons. The number of fused-ring (bicyclic) bond motifs is 3. The zero-order valence-corrected chi connectivity index (χ0v) is 13.9. The van der Waals surface area contributed by atoms with Gasteiger partial charge in [-0.15, -0.1) is 0 Å². The van der Waals surface area contributed by atoms with Gasteiger partial charge in [-0.05, 0) is 50.2 Å². The van der Waals surface area contributed by atoms with Crippen molar-refractivity contribution in [1.82, 2.24) is 9.88 Å². The Morgan fingerprint density at radius 2 is 1.96 bits per heavy atom. The van der Waals surface area contributed by atoms with Gasteiger partial charge in [0.1, 0.15) is 5.82 Å². The van der Waals surface area contributed by atoms with Crippen molar-refractivity contribution in [2.45, 2.75) is 38.1 Å². The number of nitrogens with zero attached hydrogens (tertiary/aromatic N) is 3. The summed E-state index contributed by atoms with van der Waals surface area (Å²) in [5, 5.41) is 1.06. The molecular formula is C20H23N3O. The second-order valence-corrected chi connectivity index (χ2v) is 7.54. The van der Waals surface area contributed by atoms with Crippen molar-refractivity contribution in [1.29, 1.82) is 0 Å². The number of amides is 1. The largest absolute Gasteiger partial charge is 0.356 e. The van der Waals surface area contributed by atoms with Gasteiger partial charge in [-0.3, -0.25) is 4.79 Å². The number of carbonyl (C=O) groups is 1. The van der Waals surface area contributed by atoms with Gasteiger partial charge in [-0.1, -0.05) is 18.2 Å². The van der Waals surface area contributed by atoms with E-state index < -0.39 is 0 Å². The van der Waals surface area contributed by atoms with Gasteiger partial charge >= 0.3 is 0 Å². The lowest BCUT2D eigenvalue weighted by atomic mass is 10.1. The molecule has 24 heavy (non-hydrogen) atoms. The average Bonchev–Trinajstić information content (AvgIpc) is 3.37. The van der Waals surface area contributed by atoms with Gasteiger partial charge in [0.2, 0.25) is 0 Å². The fourth-order valence-corrected chi connectivity index (χ4v) is 4.76.